The summed E-state index contributed by atoms with van der Waals surface area (Å²) in [7, 11) is 3.40. The number of amides is 1. The Kier molecular flexibility index (Phi) is 4.84. The average Bonchev–Trinajstić information content (AvgIpc) is 2.98. The number of likely N-dealkylation sites (tertiary alicyclic amines) is 1. The van der Waals surface area contributed by atoms with E-state index in [1.165, 1.54) is 12.8 Å². The molecule has 1 aliphatic rings. The number of hydrogen-bond acceptors (Lipinski definition) is 4. The highest BCUT2D eigenvalue weighted by molar-refractivity contribution is 5.99. The number of ether oxygens (including phenoxy) is 1. The van der Waals surface area contributed by atoms with Crippen LogP contribution in [-0.4, -0.2) is 56.0 Å². The van der Waals surface area contributed by atoms with E-state index in [0.717, 1.165) is 26.2 Å². The molecule has 0 aromatic heterocycles. The van der Waals surface area contributed by atoms with Crippen molar-refractivity contribution in [1.29, 1.82) is 0 Å². The standard InChI is InChI=1S/C15H23N3O2/c1-17(9-10-18-7-3-4-8-18)15(19)13-11-12(20-2)5-6-14(13)16/h5-6,11H,3-4,7-10,16H2,1-2H3. The SMILES string of the molecule is COc1ccc(N)c(C(=O)N(C)CCN2CCCC2)c1. The third-order valence-corrected chi connectivity index (χ3v) is 3.79. The van der Waals surface area contributed by atoms with Gasteiger partial charge in [0.1, 0.15) is 5.75 Å². The van der Waals surface area contributed by atoms with E-state index in [1.807, 2.05) is 7.05 Å². The number of carbonyl (C=O) groups is 1. The van der Waals surface area contributed by atoms with Gasteiger partial charge in [-0.2, -0.15) is 0 Å². The second-order valence-corrected chi connectivity index (χ2v) is 5.23. The molecule has 20 heavy (non-hydrogen) atoms. The molecule has 0 radical (unpaired) electrons. The number of hydrogen-bond donors (Lipinski definition) is 1. The van der Waals surface area contributed by atoms with Crippen LogP contribution in [0.25, 0.3) is 0 Å². The number of carbonyl (C=O) groups excluding carboxylic acids is 1. The molecule has 0 spiro atoms. The van der Waals surface area contributed by atoms with Crippen molar-refractivity contribution in [1.82, 2.24) is 9.80 Å². The van der Waals surface area contributed by atoms with Gasteiger partial charge >= 0.3 is 0 Å². The van der Waals surface area contributed by atoms with Gasteiger partial charge in [0.15, 0.2) is 0 Å². The molecule has 1 aromatic carbocycles. The van der Waals surface area contributed by atoms with Crippen molar-refractivity contribution in [3.05, 3.63) is 23.8 Å². The molecule has 0 saturated carbocycles. The van der Waals surface area contributed by atoms with Gasteiger partial charge < -0.3 is 20.3 Å². The lowest BCUT2D eigenvalue weighted by Crippen LogP contribution is -2.35. The Labute approximate surface area is 120 Å². The Morgan fingerprint density at radius 1 is 1.40 bits per heavy atom. The van der Waals surface area contributed by atoms with Crippen LogP contribution < -0.4 is 10.5 Å². The Hall–Kier alpha value is -1.75. The third kappa shape index (κ3) is 3.42. The lowest BCUT2D eigenvalue weighted by Gasteiger charge is -2.22. The minimum Gasteiger partial charge on any atom is -0.497 e. The van der Waals surface area contributed by atoms with Gasteiger partial charge in [-0.1, -0.05) is 0 Å². The third-order valence-electron chi connectivity index (χ3n) is 3.79. The van der Waals surface area contributed by atoms with Crippen LogP contribution in [-0.2, 0) is 0 Å². The molecule has 5 heteroatoms. The van der Waals surface area contributed by atoms with Crippen LogP contribution >= 0.6 is 0 Å². The Morgan fingerprint density at radius 3 is 2.75 bits per heavy atom. The van der Waals surface area contributed by atoms with E-state index < -0.39 is 0 Å². The molecule has 0 unspecified atom stereocenters. The quantitative estimate of drug-likeness (QED) is 0.828. The van der Waals surface area contributed by atoms with E-state index >= 15 is 0 Å². The summed E-state index contributed by atoms with van der Waals surface area (Å²) in [6.45, 7) is 3.92. The Bertz CT molecular complexity index is 470. The number of nitrogen functional groups attached to an aromatic ring is 1. The fourth-order valence-electron chi connectivity index (χ4n) is 2.45. The molecule has 2 N–H and O–H groups in total. The first kappa shape index (κ1) is 14.7. The lowest BCUT2D eigenvalue weighted by atomic mass is 10.1. The fourth-order valence-corrected chi connectivity index (χ4v) is 2.45. The fraction of sp³-hybridized carbons (Fsp3) is 0.533. The van der Waals surface area contributed by atoms with Crippen LogP contribution in [0.3, 0.4) is 0 Å². The normalized spacial score (nSPS) is 15.3. The first-order chi connectivity index (χ1) is 9.61. The molecule has 110 valence electrons. The molecule has 1 aromatic rings. The first-order valence-corrected chi connectivity index (χ1v) is 7.03. The van der Waals surface area contributed by atoms with Crippen molar-refractivity contribution in [2.24, 2.45) is 0 Å². The van der Waals surface area contributed by atoms with E-state index in [4.69, 9.17) is 10.5 Å². The van der Waals surface area contributed by atoms with Crippen molar-refractivity contribution in [3.63, 3.8) is 0 Å². The van der Waals surface area contributed by atoms with Crippen molar-refractivity contribution in [2.75, 3.05) is 46.1 Å². The molecule has 2 rings (SSSR count). The summed E-state index contributed by atoms with van der Waals surface area (Å²) in [5.74, 6) is 0.594. The van der Waals surface area contributed by atoms with Gasteiger partial charge in [-0.3, -0.25) is 4.79 Å². The second kappa shape index (κ2) is 6.61. The van der Waals surface area contributed by atoms with E-state index in [2.05, 4.69) is 4.90 Å². The number of anilines is 1. The lowest BCUT2D eigenvalue weighted by molar-refractivity contribution is 0.0783. The van der Waals surface area contributed by atoms with E-state index in [-0.39, 0.29) is 5.91 Å². The van der Waals surface area contributed by atoms with Gasteiger partial charge in [-0.05, 0) is 44.1 Å². The highest BCUT2D eigenvalue weighted by Gasteiger charge is 2.17. The summed E-state index contributed by atoms with van der Waals surface area (Å²) in [5, 5.41) is 0. The smallest absolute Gasteiger partial charge is 0.255 e. The predicted molar refractivity (Wildman–Crippen MR) is 80.0 cm³/mol. The summed E-state index contributed by atoms with van der Waals surface area (Å²) >= 11 is 0. The molecular weight excluding hydrogens is 254 g/mol. The Balaban J connectivity index is 1.98. The maximum absolute atomic E-state index is 12.4. The zero-order valence-corrected chi connectivity index (χ0v) is 12.3. The van der Waals surface area contributed by atoms with Crippen LogP contribution in [0.5, 0.6) is 5.75 Å². The number of benzene rings is 1. The van der Waals surface area contributed by atoms with Crippen molar-refractivity contribution in [2.45, 2.75) is 12.8 Å². The van der Waals surface area contributed by atoms with Crippen molar-refractivity contribution in [3.8, 4) is 5.75 Å². The van der Waals surface area contributed by atoms with E-state index in [9.17, 15) is 4.79 Å². The van der Waals surface area contributed by atoms with Crippen LogP contribution in [0, 0.1) is 0 Å². The number of rotatable bonds is 5. The summed E-state index contributed by atoms with van der Waals surface area (Å²) in [6, 6.07) is 5.17. The maximum atomic E-state index is 12.4. The van der Waals surface area contributed by atoms with Crippen molar-refractivity contribution >= 4 is 11.6 Å². The highest BCUT2D eigenvalue weighted by Crippen LogP contribution is 2.20. The second-order valence-electron chi connectivity index (χ2n) is 5.23. The van der Waals surface area contributed by atoms with Gasteiger partial charge in [0.2, 0.25) is 0 Å². The summed E-state index contributed by atoms with van der Waals surface area (Å²) < 4.78 is 5.15. The molecule has 1 fully saturated rings. The highest BCUT2D eigenvalue weighted by atomic mass is 16.5. The van der Waals surface area contributed by atoms with Gasteiger partial charge in [-0.25, -0.2) is 0 Å². The van der Waals surface area contributed by atoms with Gasteiger partial charge in [0.25, 0.3) is 5.91 Å². The molecule has 0 aliphatic carbocycles. The van der Waals surface area contributed by atoms with E-state index in [0.29, 0.717) is 17.0 Å². The summed E-state index contributed by atoms with van der Waals surface area (Å²) in [5.41, 5.74) is 6.88. The molecule has 0 bridgehead atoms. The minimum absolute atomic E-state index is 0.0550. The predicted octanol–water partition coefficient (Wildman–Crippen LogP) is 1.45. The van der Waals surface area contributed by atoms with Crippen LogP contribution in [0.4, 0.5) is 5.69 Å². The average molecular weight is 277 g/mol. The molecule has 5 nitrogen and oxygen atoms in total. The molecule has 1 amide bonds. The van der Waals surface area contributed by atoms with Crippen LogP contribution in [0.2, 0.25) is 0 Å². The topological polar surface area (TPSA) is 58.8 Å². The zero-order valence-electron chi connectivity index (χ0n) is 12.3. The van der Waals surface area contributed by atoms with Gasteiger partial charge in [-0.15, -0.1) is 0 Å². The van der Waals surface area contributed by atoms with E-state index in [1.54, 1.807) is 30.2 Å². The molecule has 1 saturated heterocycles. The molecule has 1 aliphatic heterocycles. The number of likely N-dealkylation sites (N-methyl/N-ethyl adjacent to an activating group) is 1. The molecule has 1 heterocycles. The molecule has 0 atom stereocenters. The van der Waals surface area contributed by atoms with Crippen LogP contribution in [0.15, 0.2) is 18.2 Å². The van der Waals surface area contributed by atoms with Gasteiger partial charge in [0.05, 0.1) is 12.7 Å². The zero-order chi connectivity index (χ0) is 14.5. The van der Waals surface area contributed by atoms with Gasteiger partial charge in [0, 0.05) is 25.8 Å². The number of nitrogens with zero attached hydrogens (tertiary/aromatic N) is 2. The number of methoxy groups -OCH3 is 1. The maximum Gasteiger partial charge on any atom is 0.255 e. The Morgan fingerprint density at radius 2 is 2.10 bits per heavy atom. The summed E-state index contributed by atoms with van der Waals surface area (Å²) in [6.07, 6.45) is 2.53. The molecular formula is C15H23N3O2. The summed E-state index contributed by atoms with van der Waals surface area (Å²) in [4.78, 5) is 16.5. The first-order valence-electron chi connectivity index (χ1n) is 7.03. The van der Waals surface area contributed by atoms with Crippen LogP contribution in [0.1, 0.15) is 23.2 Å². The van der Waals surface area contributed by atoms with Crippen molar-refractivity contribution < 1.29 is 9.53 Å². The number of nitrogens with two attached hydrogens (primary N) is 1. The monoisotopic (exact) mass is 277 g/mol. The minimum atomic E-state index is -0.0550. The largest absolute Gasteiger partial charge is 0.497 e.